The minimum Gasteiger partial charge on any atom is -0.315 e. The summed E-state index contributed by atoms with van der Waals surface area (Å²) in [6.07, 6.45) is 1.35. The van der Waals surface area contributed by atoms with Gasteiger partial charge in [0.15, 0.2) is 0 Å². The second kappa shape index (κ2) is 7.44. The number of hydrogen-bond donors (Lipinski definition) is 3. The van der Waals surface area contributed by atoms with Crippen molar-refractivity contribution >= 4 is 23.6 Å². The van der Waals surface area contributed by atoms with Crippen LogP contribution in [0.15, 0.2) is 18.2 Å². The summed E-state index contributed by atoms with van der Waals surface area (Å²) in [4.78, 5) is 50.5. The van der Waals surface area contributed by atoms with Crippen LogP contribution in [0.2, 0.25) is 0 Å². The third-order valence-corrected chi connectivity index (χ3v) is 5.97. The van der Waals surface area contributed by atoms with Gasteiger partial charge in [0.05, 0.1) is 11.1 Å². The predicted octanol–water partition coefficient (Wildman–Crippen LogP) is 0.175. The van der Waals surface area contributed by atoms with Crippen LogP contribution in [0.25, 0.3) is 0 Å². The molecule has 0 radical (unpaired) electrons. The smallest absolute Gasteiger partial charge is 0.262 e. The number of benzene rings is 1. The molecule has 28 heavy (non-hydrogen) atoms. The van der Waals surface area contributed by atoms with Crippen molar-refractivity contribution in [3.05, 3.63) is 34.9 Å². The lowest BCUT2D eigenvalue weighted by molar-refractivity contribution is -0.136. The molecule has 3 atom stereocenters. The normalized spacial score (nSPS) is 27.3. The summed E-state index contributed by atoms with van der Waals surface area (Å²) in [6.45, 7) is 4.49. The first kappa shape index (κ1) is 18.8. The molecule has 0 aliphatic carbocycles. The van der Waals surface area contributed by atoms with E-state index in [1.165, 1.54) is 0 Å². The van der Waals surface area contributed by atoms with Gasteiger partial charge in [-0.1, -0.05) is 25.5 Å². The maximum absolute atomic E-state index is 13.1. The highest BCUT2D eigenvalue weighted by Crippen LogP contribution is 2.30. The van der Waals surface area contributed by atoms with Crippen molar-refractivity contribution in [3.8, 4) is 0 Å². The van der Waals surface area contributed by atoms with Crippen molar-refractivity contribution in [2.75, 3.05) is 13.1 Å². The second-order valence-electron chi connectivity index (χ2n) is 7.60. The maximum Gasteiger partial charge on any atom is 0.262 e. The van der Waals surface area contributed by atoms with Gasteiger partial charge in [-0.25, -0.2) is 0 Å². The molecule has 8 heteroatoms. The van der Waals surface area contributed by atoms with Crippen molar-refractivity contribution < 1.29 is 19.2 Å². The molecule has 4 amide bonds. The molecule has 4 rings (SSSR count). The number of rotatable bonds is 5. The zero-order valence-corrected chi connectivity index (χ0v) is 15.8. The fraction of sp³-hybridized carbons (Fsp3) is 0.500. The molecule has 3 aliphatic heterocycles. The Morgan fingerprint density at radius 1 is 1.14 bits per heavy atom. The van der Waals surface area contributed by atoms with Crippen LogP contribution in [0.4, 0.5) is 0 Å². The van der Waals surface area contributed by atoms with E-state index in [1.807, 2.05) is 6.07 Å². The number of fused-ring (bicyclic) bond motifs is 1. The Morgan fingerprint density at radius 2 is 1.96 bits per heavy atom. The molecule has 2 saturated heterocycles. The minimum atomic E-state index is -0.936. The van der Waals surface area contributed by atoms with Crippen molar-refractivity contribution in [3.63, 3.8) is 0 Å². The molecule has 0 spiro atoms. The molecule has 1 unspecified atom stereocenters. The first-order chi connectivity index (χ1) is 13.5. The van der Waals surface area contributed by atoms with Crippen LogP contribution in [0.1, 0.15) is 52.5 Å². The highest BCUT2D eigenvalue weighted by Gasteiger charge is 2.45. The third kappa shape index (κ3) is 3.12. The van der Waals surface area contributed by atoms with E-state index in [1.54, 1.807) is 12.1 Å². The van der Waals surface area contributed by atoms with Crippen LogP contribution in [-0.2, 0) is 16.1 Å². The maximum atomic E-state index is 13.1. The van der Waals surface area contributed by atoms with E-state index in [0.717, 1.165) is 30.0 Å². The molecule has 148 valence electrons. The Balaban J connectivity index is 1.56. The molecule has 3 heterocycles. The SMILES string of the molecule is CC[C@H]1CNC[C@H]1NCc1cccc2c1C(=O)N(C1CCC(=O)NC1=O)C2=O. The molecule has 8 nitrogen and oxygen atoms in total. The predicted molar refractivity (Wildman–Crippen MR) is 100 cm³/mol. The molecule has 1 aromatic carbocycles. The minimum absolute atomic E-state index is 0.116. The van der Waals surface area contributed by atoms with Crippen LogP contribution in [0, 0.1) is 5.92 Å². The monoisotopic (exact) mass is 384 g/mol. The Kier molecular flexibility index (Phi) is 4.99. The lowest BCUT2D eigenvalue weighted by Crippen LogP contribution is -2.54. The Labute approximate surface area is 163 Å². The van der Waals surface area contributed by atoms with Gasteiger partial charge in [-0.2, -0.15) is 0 Å². The number of hydrogen-bond acceptors (Lipinski definition) is 6. The molecule has 3 aliphatic rings. The van der Waals surface area contributed by atoms with Crippen LogP contribution < -0.4 is 16.0 Å². The average molecular weight is 384 g/mol. The number of carbonyl (C=O) groups is 4. The standard InChI is InChI=1S/C20H24N4O4/c1-2-11-8-21-10-14(11)22-9-12-4-3-5-13-17(12)20(28)24(19(13)27)15-6-7-16(25)23-18(15)26/h3-5,11,14-15,21-22H,2,6-10H2,1H3,(H,23,25,26)/t11-,14+,15?/m0/s1. The van der Waals surface area contributed by atoms with Gasteiger partial charge in [-0.05, 0) is 30.5 Å². The zero-order chi connectivity index (χ0) is 19.8. The van der Waals surface area contributed by atoms with Gasteiger partial charge in [-0.15, -0.1) is 0 Å². The summed E-state index contributed by atoms with van der Waals surface area (Å²) in [5.41, 5.74) is 1.45. The first-order valence-electron chi connectivity index (χ1n) is 9.78. The first-order valence-corrected chi connectivity index (χ1v) is 9.78. The van der Waals surface area contributed by atoms with Crippen LogP contribution in [0.3, 0.4) is 0 Å². The number of amides is 4. The van der Waals surface area contributed by atoms with E-state index in [9.17, 15) is 19.2 Å². The third-order valence-electron chi connectivity index (χ3n) is 5.97. The molecule has 3 N–H and O–H groups in total. The van der Waals surface area contributed by atoms with E-state index >= 15 is 0 Å². The lowest BCUT2D eigenvalue weighted by Gasteiger charge is -2.27. The highest BCUT2D eigenvalue weighted by molar-refractivity contribution is 6.24. The summed E-state index contributed by atoms with van der Waals surface area (Å²) in [5, 5.41) is 9.10. The molecule has 0 saturated carbocycles. The van der Waals surface area contributed by atoms with Crippen molar-refractivity contribution in [2.24, 2.45) is 5.92 Å². The molecule has 0 bridgehead atoms. The average Bonchev–Trinajstić information content (AvgIpc) is 3.24. The number of piperidine rings is 1. The number of nitrogens with one attached hydrogen (secondary N) is 3. The van der Waals surface area contributed by atoms with Gasteiger partial charge in [0.2, 0.25) is 11.8 Å². The van der Waals surface area contributed by atoms with E-state index in [-0.39, 0.29) is 18.7 Å². The quantitative estimate of drug-likeness (QED) is 0.625. The lowest BCUT2D eigenvalue weighted by atomic mass is 9.99. The number of nitrogens with zero attached hydrogens (tertiary/aromatic N) is 1. The van der Waals surface area contributed by atoms with Gasteiger partial charge >= 0.3 is 0 Å². The molecular formula is C20H24N4O4. The molecular weight excluding hydrogens is 360 g/mol. The van der Waals surface area contributed by atoms with E-state index in [0.29, 0.717) is 29.6 Å². The summed E-state index contributed by atoms with van der Waals surface area (Å²) in [7, 11) is 0. The van der Waals surface area contributed by atoms with Gasteiger partial charge in [0, 0.05) is 25.6 Å². The topological polar surface area (TPSA) is 108 Å². The van der Waals surface area contributed by atoms with Crippen LogP contribution in [-0.4, -0.2) is 53.7 Å². The highest BCUT2D eigenvalue weighted by atomic mass is 16.2. The molecule has 0 aromatic heterocycles. The van der Waals surface area contributed by atoms with E-state index in [2.05, 4.69) is 22.9 Å². The van der Waals surface area contributed by atoms with E-state index < -0.39 is 23.8 Å². The fourth-order valence-electron chi connectivity index (χ4n) is 4.37. The van der Waals surface area contributed by atoms with Crippen LogP contribution in [0.5, 0.6) is 0 Å². The summed E-state index contributed by atoms with van der Waals surface area (Å²) in [6, 6.07) is 4.61. The van der Waals surface area contributed by atoms with Crippen molar-refractivity contribution in [2.45, 2.75) is 44.8 Å². The van der Waals surface area contributed by atoms with Gasteiger partial charge in [0.1, 0.15) is 6.04 Å². The molecule has 2 fully saturated rings. The van der Waals surface area contributed by atoms with Crippen molar-refractivity contribution in [1.29, 1.82) is 0 Å². The Morgan fingerprint density at radius 3 is 2.71 bits per heavy atom. The zero-order valence-electron chi connectivity index (χ0n) is 15.8. The second-order valence-corrected chi connectivity index (χ2v) is 7.60. The number of imide groups is 2. The van der Waals surface area contributed by atoms with Gasteiger partial charge in [-0.3, -0.25) is 29.4 Å². The fourth-order valence-corrected chi connectivity index (χ4v) is 4.37. The summed E-state index contributed by atoms with van der Waals surface area (Å²) >= 11 is 0. The molecule has 1 aromatic rings. The van der Waals surface area contributed by atoms with Gasteiger partial charge in [0.25, 0.3) is 11.8 Å². The Bertz CT molecular complexity index is 853. The van der Waals surface area contributed by atoms with Crippen molar-refractivity contribution in [1.82, 2.24) is 20.9 Å². The number of carbonyl (C=O) groups excluding carboxylic acids is 4. The Hall–Kier alpha value is -2.58. The van der Waals surface area contributed by atoms with Gasteiger partial charge < -0.3 is 10.6 Å². The van der Waals surface area contributed by atoms with E-state index in [4.69, 9.17) is 0 Å². The summed E-state index contributed by atoms with van der Waals surface area (Å²) < 4.78 is 0. The summed E-state index contributed by atoms with van der Waals surface area (Å²) in [5.74, 6) is -1.35. The van der Waals surface area contributed by atoms with Crippen LogP contribution >= 0.6 is 0 Å². The largest absolute Gasteiger partial charge is 0.315 e.